The Kier molecular flexibility index (Phi) is 6.40. The molecule has 1 heterocycles. The fraction of sp³-hybridized carbons (Fsp3) is 0.409. The number of anilines is 1. The number of carbonyl (C=O) groups is 1. The molecule has 0 bridgehead atoms. The number of nitrogens with zero attached hydrogens (tertiary/aromatic N) is 2. The zero-order chi connectivity index (χ0) is 18.4. The smallest absolute Gasteiger partial charge is 0.227 e. The summed E-state index contributed by atoms with van der Waals surface area (Å²) >= 11 is 0. The van der Waals surface area contributed by atoms with Crippen LogP contribution in [0.3, 0.4) is 0 Å². The lowest BCUT2D eigenvalue weighted by Gasteiger charge is -2.40. The fourth-order valence-corrected chi connectivity index (χ4v) is 3.66. The molecule has 0 radical (unpaired) electrons. The Balaban J connectivity index is 1.64. The molecule has 0 unspecified atom stereocenters. The zero-order valence-corrected chi connectivity index (χ0v) is 15.4. The van der Waals surface area contributed by atoms with Crippen molar-refractivity contribution in [2.75, 3.05) is 24.5 Å². The number of hydrogen-bond acceptors (Lipinski definition) is 2. The van der Waals surface area contributed by atoms with Crippen molar-refractivity contribution in [1.29, 1.82) is 0 Å². The molecule has 1 aliphatic rings. The average molecular weight is 354 g/mol. The molecule has 0 spiro atoms. The molecular formula is C22H27FN2O. The van der Waals surface area contributed by atoms with Crippen molar-refractivity contribution in [2.45, 2.75) is 38.4 Å². The van der Waals surface area contributed by atoms with E-state index in [1.165, 1.54) is 5.56 Å². The van der Waals surface area contributed by atoms with Gasteiger partial charge in [-0.25, -0.2) is 4.39 Å². The quantitative estimate of drug-likeness (QED) is 0.780. The first kappa shape index (κ1) is 18.6. The predicted octanol–water partition coefficient (Wildman–Crippen LogP) is 4.08. The number of rotatable bonds is 6. The first-order valence-corrected chi connectivity index (χ1v) is 9.46. The summed E-state index contributed by atoms with van der Waals surface area (Å²) in [5.74, 6) is -0.0124. The van der Waals surface area contributed by atoms with Gasteiger partial charge in [0.15, 0.2) is 0 Å². The largest absolute Gasteiger partial charge is 0.306 e. The Morgan fingerprint density at radius 2 is 1.77 bits per heavy atom. The molecule has 1 aliphatic heterocycles. The van der Waals surface area contributed by atoms with E-state index in [4.69, 9.17) is 0 Å². The molecule has 3 nitrogen and oxygen atoms in total. The first-order valence-electron chi connectivity index (χ1n) is 9.46. The van der Waals surface area contributed by atoms with Crippen LogP contribution in [0.5, 0.6) is 0 Å². The molecular weight excluding hydrogens is 327 g/mol. The van der Waals surface area contributed by atoms with E-state index < -0.39 is 6.17 Å². The van der Waals surface area contributed by atoms with Gasteiger partial charge in [0.05, 0.1) is 6.04 Å². The van der Waals surface area contributed by atoms with Gasteiger partial charge in [-0.15, -0.1) is 0 Å². The van der Waals surface area contributed by atoms with Gasteiger partial charge in [-0.05, 0) is 30.5 Å². The van der Waals surface area contributed by atoms with Crippen LogP contribution in [0.25, 0.3) is 0 Å². The number of carbonyl (C=O) groups excluding carboxylic acids is 1. The fourth-order valence-electron chi connectivity index (χ4n) is 3.66. The predicted molar refractivity (Wildman–Crippen MR) is 104 cm³/mol. The average Bonchev–Trinajstić information content (AvgIpc) is 2.69. The van der Waals surface area contributed by atoms with Crippen LogP contribution in [0, 0.1) is 0 Å². The summed E-state index contributed by atoms with van der Waals surface area (Å²) in [4.78, 5) is 16.3. The molecule has 1 fully saturated rings. The number of amides is 1. The summed E-state index contributed by atoms with van der Waals surface area (Å²) in [5.41, 5.74) is 2.07. The minimum atomic E-state index is -1.03. The van der Waals surface area contributed by atoms with Crippen LogP contribution >= 0.6 is 0 Å². The minimum Gasteiger partial charge on any atom is -0.306 e. The second kappa shape index (κ2) is 8.95. The van der Waals surface area contributed by atoms with Crippen LogP contribution in [0.4, 0.5) is 10.1 Å². The zero-order valence-electron chi connectivity index (χ0n) is 15.4. The maximum absolute atomic E-state index is 15.0. The third-order valence-corrected chi connectivity index (χ3v) is 5.09. The van der Waals surface area contributed by atoms with Crippen molar-refractivity contribution in [3.63, 3.8) is 0 Å². The van der Waals surface area contributed by atoms with Gasteiger partial charge in [0.25, 0.3) is 0 Å². The number of benzene rings is 2. The lowest BCUT2D eigenvalue weighted by Crippen LogP contribution is -2.54. The Hall–Kier alpha value is -2.20. The standard InChI is InChI=1S/C22H27FN2O/c1-2-22(26)25(19-11-7-4-8-12-19)21-14-16-24(17-20(21)23)15-13-18-9-5-3-6-10-18/h3-12,20-21H,2,13-17H2,1H3/t20-,21-/m0/s1. The van der Waals surface area contributed by atoms with Crippen molar-refractivity contribution in [3.05, 3.63) is 66.2 Å². The van der Waals surface area contributed by atoms with E-state index in [-0.39, 0.29) is 11.9 Å². The van der Waals surface area contributed by atoms with Crippen LogP contribution < -0.4 is 4.90 Å². The van der Waals surface area contributed by atoms with Crippen LogP contribution in [-0.4, -0.2) is 42.7 Å². The summed E-state index contributed by atoms with van der Waals surface area (Å²) < 4.78 is 15.0. The molecule has 4 heteroatoms. The number of likely N-dealkylation sites (tertiary alicyclic amines) is 1. The minimum absolute atomic E-state index is 0.0124. The number of piperidine rings is 1. The molecule has 138 valence electrons. The highest BCUT2D eigenvalue weighted by molar-refractivity contribution is 5.93. The first-order chi connectivity index (χ1) is 12.7. The summed E-state index contributed by atoms with van der Waals surface area (Å²) in [6.45, 7) is 3.89. The summed E-state index contributed by atoms with van der Waals surface area (Å²) in [7, 11) is 0. The summed E-state index contributed by atoms with van der Waals surface area (Å²) in [6, 6.07) is 19.4. The lowest BCUT2D eigenvalue weighted by atomic mass is 9.99. The number of para-hydroxylation sites is 1. The monoisotopic (exact) mass is 354 g/mol. The third kappa shape index (κ3) is 4.50. The molecule has 2 aromatic rings. The van der Waals surface area contributed by atoms with Gasteiger partial charge in [0, 0.05) is 31.7 Å². The van der Waals surface area contributed by atoms with Crippen molar-refractivity contribution >= 4 is 11.6 Å². The van der Waals surface area contributed by atoms with Gasteiger partial charge in [-0.2, -0.15) is 0 Å². The second-order valence-electron chi connectivity index (χ2n) is 6.86. The highest BCUT2D eigenvalue weighted by atomic mass is 19.1. The molecule has 0 N–H and O–H groups in total. The van der Waals surface area contributed by atoms with Gasteiger partial charge in [-0.3, -0.25) is 9.69 Å². The number of alkyl halides is 1. The van der Waals surface area contributed by atoms with E-state index in [1.54, 1.807) is 4.90 Å². The van der Waals surface area contributed by atoms with E-state index >= 15 is 4.39 Å². The molecule has 0 aliphatic carbocycles. The van der Waals surface area contributed by atoms with E-state index in [0.29, 0.717) is 19.4 Å². The Bertz CT molecular complexity index is 692. The number of hydrogen-bond donors (Lipinski definition) is 0. The molecule has 2 aromatic carbocycles. The van der Waals surface area contributed by atoms with Crippen LogP contribution in [-0.2, 0) is 11.2 Å². The highest BCUT2D eigenvalue weighted by Gasteiger charge is 2.35. The molecule has 3 rings (SSSR count). The molecule has 1 amide bonds. The lowest BCUT2D eigenvalue weighted by molar-refractivity contribution is -0.119. The van der Waals surface area contributed by atoms with Crippen LogP contribution in [0.2, 0.25) is 0 Å². The molecule has 0 aromatic heterocycles. The Morgan fingerprint density at radius 1 is 1.12 bits per heavy atom. The van der Waals surface area contributed by atoms with Crippen molar-refractivity contribution in [2.24, 2.45) is 0 Å². The molecule has 1 saturated heterocycles. The summed E-state index contributed by atoms with van der Waals surface area (Å²) in [6.07, 6.45) is 0.941. The normalized spacial score (nSPS) is 20.7. The maximum Gasteiger partial charge on any atom is 0.227 e. The van der Waals surface area contributed by atoms with E-state index in [9.17, 15) is 4.79 Å². The van der Waals surface area contributed by atoms with Crippen molar-refractivity contribution < 1.29 is 9.18 Å². The van der Waals surface area contributed by atoms with E-state index in [1.807, 2.05) is 55.5 Å². The van der Waals surface area contributed by atoms with Gasteiger partial charge < -0.3 is 4.90 Å². The third-order valence-electron chi connectivity index (χ3n) is 5.09. The molecule has 2 atom stereocenters. The van der Waals surface area contributed by atoms with Gasteiger partial charge >= 0.3 is 0 Å². The maximum atomic E-state index is 15.0. The second-order valence-corrected chi connectivity index (χ2v) is 6.86. The Morgan fingerprint density at radius 3 is 2.38 bits per heavy atom. The summed E-state index contributed by atoms with van der Waals surface area (Å²) in [5, 5.41) is 0. The SMILES string of the molecule is CCC(=O)N(c1ccccc1)[C@H]1CCN(CCc2ccccc2)C[C@@H]1F. The van der Waals surface area contributed by atoms with Crippen LogP contribution in [0.15, 0.2) is 60.7 Å². The van der Waals surface area contributed by atoms with Crippen molar-refractivity contribution in [1.82, 2.24) is 4.90 Å². The topological polar surface area (TPSA) is 23.6 Å². The highest BCUT2D eigenvalue weighted by Crippen LogP contribution is 2.26. The van der Waals surface area contributed by atoms with E-state index in [0.717, 1.165) is 25.2 Å². The number of halogens is 1. The van der Waals surface area contributed by atoms with Crippen molar-refractivity contribution in [3.8, 4) is 0 Å². The van der Waals surface area contributed by atoms with E-state index in [2.05, 4.69) is 17.0 Å². The van der Waals surface area contributed by atoms with Gasteiger partial charge in [0.2, 0.25) is 5.91 Å². The Labute approximate surface area is 155 Å². The van der Waals surface area contributed by atoms with Gasteiger partial charge in [-0.1, -0.05) is 55.5 Å². The molecule has 26 heavy (non-hydrogen) atoms. The van der Waals surface area contributed by atoms with Crippen LogP contribution in [0.1, 0.15) is 25.3 Å². The van der Waals surface area contributed by atoms with Gasteiger partial charge in [0.1, 0.15) is 6.17 Å². The molecule has 0 saturated carbocycles.